The van der Waals surface area contributed by atoms with Crippen molar-refractivity contribution < 1.29 is 34.6 Å². The summed E-state index contributed by atoms with van der Waals surface area (Å²) in [7, 11) is 1.97. The van der Waals surface area contributed by atoms with E-state index in [4.69, 9.17) is 14.2 Å². The molecule has 33 heavy (non-hydrogen) atoms. The number of benzene rings is 2. The average Bonchev–Trinajstić information content (AvgIpc) is 3.42. The summed E-state index contributed by atoms with van der Waals surface area (Å²) in [4.78, 5) is 0. The van der Waals surface area contributed by atoms with E-state index in [0.29, 0.717) is 5.75 Å². The van der Waals surface area contributed by atoms with E-state index in [1.165, 1.54) is 11.1 Å². The van der Waals surface area contributed by atoms with Crippen molar-refractivity contribution in [3.63, 3.8) is 0 Å². The summed E-state index contributed by atoms with van der Waals surface area (Å²) in [6.45, 7) is 0.234. The van der Waals surface area contributed by atoms with Crippen LogP contribution in [0.25, 0.3) is 10.9 Å². The highest BCUT2D eigenvalue weighted by Crippen LogP contribution is 2.34. The van der Waals surface area contributed by atoms with E-state index in [9.17, 15) is 20.4 Å². The first-order chi connectivity index (χ1) is 16.0. The Hall–Kier alpha value is -2.62. The first-order valence-electron chi connectivity index (χ1n) is 11.2. The fourth-order valence-electron chi connectivity index (χ4n) is 4.76. The molecule has 0 bridgehead atoms. The van der Waals surface area contributed by atoms with Gasteiger partial charge in [0.1, 0.15) is 35.9 Å². The first kappa shape index (κ1) is 22.2. The number of aliphatic hydroxyl groups excluding tert-OH is 4. The number of aromatic nitrogens is 1. The molecule has 5 atom stereocenters. The highest BCUT2D eigenvalue weighted by molar-refractivity contribution is 5.90. The van der Waals surface area contributed by atoms with E-state index >= 15 is 0 Å². The van der Waals surface area contributed by atoms with Crippen LogP contribution in [0.15, 0.2) is 42.6 Å². The van der Waals surface area contributed by atoms with E-state index in [0.717, 1.165) is 48.1 Å². The number of aryl methyl sites for hydroxylation is 3. The zero-order valence-electron chi connectivity index (χ0n) is 18.4. The van der Waals surface area contributed by atoms with Gasteiger partial charge in [-0.1, -0.05) is 18.2 Å². The van der Waals surface area contributed by atoms with Gasteiger partial charge in [-0.2, -0.15) is 0 Å². The van der Waals surface area contributed by atoms with Gasteiger partial charge < -0.3 is 39.2 Å². The van der Waals surface area contributed by atoms with Crippen molar-refractivity contribution in [3.05, 3.63) is 59.3 Å². The van der Waals surface area contributed by atoms with Crippen LogP contribution >= 0.6 is 0 Å². The summed E-state index contributed by atoms with van der Waals surface area (Å²) in [5.41, 5.74) is 4.54. The summed E-state index contributed by atoms with van der Waals surface area (Å²) in [6, 6.07) is 12.0. The van der Waals surface area contributed by atoms with Gasteiger partial charge in [0, 0.05) is 25.1 Å². The van der Waals surface area contributed by atoms with Crippen molar-refractivity contribution in [1.29, 1.82) is 0 Å². The Morgan fingerprint density at radius 2 is 1.91 bits per heavy atom. The lowest BCUT2D eigenvalue weighted by atomic mass is 9.99. The minimum atomic E-state index is -1.49. The third-order valence-electron chi connectivity index (χ3n) is 6.58. The molecular formula is C25H29NO7. The number of rotatable bonds is 6. The second-order valence-electron chi connectivity index (χ2n) is 8.77. The minimum absolute atomic E-state index is 0.503. The molecule has 0 unspecified atom stereocenters. The van der Waals surface area contributed by atoms with Crippen LogP contribution in [-0.4, -0.2) is 68.9 Å². The number of ether oxygens (including phenoxy) is 3. The van der Waals surface area contributed by atoms with E-state index in [-0.39, 0.29) is 0 Å². The van der Waals surface area contributed by atoms with E-state index in [1.54, 1.807) is 6.07 Å². The predicted molar refractivity (Wildman–Crippen MR) is 120 cm³/mol. The van der Waals surface area contributed by atoms with Gasteiger partial charge in [-0.3, -0.25) is 0 Å². The van der Waals surface area contributed by atoms with Gasteiger partial charge in [-0.25, -0.2) is 0 Å². The van der Waals surface area contributed by atoms with Gasteiger partial charge in [0.05, 0.1) is 18.7 Å². The highest BCUT2D eigenvalue weighted by Gasteiger charge is 2.44. The van der Waals surface area contributed by atoms with E-state index < -0.39 is 37.3 Å². The summed E-state index contributed by atoms with van der Waals surface area (Å²) in [5.74, 6) is 1.48. The van der Waals surface area contributed by atoms with E-state index in [2.05, 4.69) is 18.3 Å². The monoisotopic (exact) mass is 455 g/mol. The number of hydrogen-bond donors (Lipinski definition) is 4. The van der Waals surface area contributed by atoms with Crippen LogP contribution in [0, 0.1) is 0 Å². The Labute approximate surface area is 191 Å². The van der Waals surface area contributed by atoms with Crippen LogP contribution in [0.3, 0.4) is 0 Å². The Morgan fingerprint density at radius 1 is 1.06 bits per heavy atom. The van der Waals surface area contributed by atoms with Crippen LogP contribution in [0.5, 0.6) is 11.5 Å². The van der Waals surface area contributed by atoms with Crippen LogP contribution in [0.1, 0.15) is 16.7 Å². The molecule has 2 aliphatic rings. The molecule has 2 aromatic carbocycles. The van der Waals surface area contributed by atoms with Crippen molar-refractivity contribution in [2.75, 3.05) is 13.2 Å². The van der Waals surface area contributed by atoms with Crippen LogP contribution in [-0.2, 0) is 31.0 Å². The van der Waals surface area contributed by atoms with Crippen LogP contribution < -0.4 is 9.47 Å². The van der Waals surface area contributed by atoms with Crippen molar-refractivity contribution in [2.24, 2.45) is 7.05 Å². The summed E-state index contributed by atoms with van der Waals surface area (Å²) >= 11 is 0. The normalized spacial score (nSPS) is 26.9. The Kier molecular flexibility index (Phi) is 6.03. The Bertz CT molecular complexity index is 1140. The molecule has 8 nitrogen and oxygen atoms in total. The summed E-state index contributed by atoms with van der Waals surface area (Å²) < 4.78 is 19.2. The van der Waals surface area contributed by atoms with E-state index in [1.807, 2.05) is 29.8 Å². The second-order valence-corrected chi connectivity index (χ2v) is 8.77. The van der Waals surface area contributed by atoms with Gasteiger partial charge >= 0.3 is 0 Å². The van der Waals surface area contributed by atoms with Gasteiger partial charge in [-0.15, -0.1) is 0 Å². The molecule has 3 aromatic rings. The molecule has 0 aliphatic carbocycles. The lowest BCUT2D eigenvalue weighted by Crippen LogP contribution is -2.60. The molecule has 1 fully saturated rings. The standard InChI is InChI=1S/C25H29NO7/c1-26-12-16(7-5-14-6-8-18-15(11-14)9-10-31-18)21-17(26)3-2-4-19(21)32-25-24(30)23(29)22(28)20(13-27)33-25/h2-4,6,8,11-12,20,22-25,27-30H,5,7,9-10,13H2,1H3/t20-,22-,23+,24-,25-/m1/s1. The molecule has 1 aromatic heterocycles. The topological polar surface area (TPSA) is 114 Å². The summed E-state index contributed by atoms with van der Waals surface area (Å²) in [6.07, 6.45) is -1.98. The molecule has 1 saturated heterocycles. The van der Waals surface area contributed by atoms with Gasteiger partial charge in [0.25, 0.3) is 0 Å². The molecule has 2 aliphatic heterocycles. The quantitative estimate of drug-likeness (QED) is 0.440. The molecule has 4 N–H and O–H groups in total. The van der Waals surface area contributed by atoms with Crippen LogP contribution in [0.4, 0.5) is 0 Å². The lowest BCUT2D eigenvalue weighted by molar-refractivity contribution is -0.277. The molecule has 0 radical (unpaired) electrons. The lowest BCUT2D eigenvalue weighted by Gasteiger charge is -2.39. The predicted octanol–water partition coefficient (Wildman–Crippen LogP) is 1.08. The van der Waals surface area contributed by atoms with Gasteiger partial charge in [0.15, 0.2) is 0 Å². The fourth-order valence-corrected chi connectivity index (χ4v) is 4.76. The maximum Gasteiger partial charge on any atom is 0.229 e. The zero-order valence-corrected chi connectivity index (χ0v) is 18.4. The Morgan fingerprint density at radius 3 is 2.73 bits per heavy atom. The molecule has 5 rings (SSSR count). The van der Waals surface area contributed by atoms with Gasteiger partial charge in [-0.05, 0) is 47.7 Å². The van der Waals surface area contributed by atoms with Crippen molar-refractivity contribution >= 4 is 10.9 Å². The molecule has 3 heterocycles. The molecule has 8 heteroatoms. The number of hydrogen-bond acceptors (Lipinski definition) is 7. The minimum Gasteiger partial charge on any atom is -0.493 e. The third kappa shape index (κ3) is 4.09. The number of aliphatic hydroxyl groups is 4. The molecule has 176 valence electrons. The van der Waals surface area contributed by atoms with Crippen molar-refractivity contribution in [2.45, 2.75) is 50.0 Å². The second kappa shape index (κ2) is 8.96. The maximum absolute atomic E-state index is 10.4. The largest absolute Gasteiger partial charge is 0.493 e. The SMILES string of the molecule is Cn1cc(CCc2ccc3c(c2)CCO3)c2c(O[C@@H]3O[C@H](CO)[C@@H](O)[C@H](O)[C@H]3O)cccc21. The Balaban J connectivity index is 1.41. The maximum atomic E-state index is 10.4. The number of nitrogens with zero attached hydrogens (tertiary/aromatic N) is 1. The van der Waals surface area contributed by atoms with Crippen LogP contribution in [0.2, 0.25) is 0 Å². The number of fused-ring (bicyclic) bond motifs is 2. The average molecular weight is 456 g/mol. The van der Waals surface area contributed by atoms with Crippen molar-refractivity contribution in [3.8, 4) is 11.5 Å². The third-order valence-corrected chi connectivity index (χ3v) is 6.58. The highest BCUT2D eigenvalue weighted by atomic mass is 16.7. The molecular weight excluding hydrogens is 426 g/mol. The molecule has 0 spiro atoms. The smallest absolute Gasteiger partial charge is 0.229 e. The fraction of sp³-hybridized carbons (Fsp3) is 0.440. The van der Waals surface area contributed by atoms with Crippen molar-refractivity contribution in [1.82, 2.24) is 4.57 Å². The first-order valence-corrected chi connectivity index (χ1v) is 11.2. The summed E-state index contributed by atoms with van der Waals surface area (Å²) in [5, 5.41) is 40.9. The molecule has 0 amide bonds. The zero-order chi connectivity index (χ0) is 23.1. The van der Waals surface area contributed by atoms with Gasteiger partial charge in [0.2, 0.25) is 6.29 Å². The molecule has 0 saturated carbocycles.